The molecular weight excluding hydrogens is 254 g/mol. The number of hydrogen-bond donors (Lipinski definition) is 5. The fourth-order valence-corrected chi connectivity index (χ4v) is 0.638. The highest BCUT2D eigenvalue weighted by Crippen LogP contribution is 1.85. The number of aliphatic hydroxyl groups is 1. The quantitative estimate of drug-likeness (QED) is 0.362. The Balaban J connectivity index is 0. The molecule has 2 amide bonds. The zero-order chi connectivity index (χ0) is 15.4. The van der Waals surface area contributed by atoms with Crippen LogP contribution < -0.4 is 16.4 Å². The van der Waals surface area contributed by atoms with Crippen molar-refractivity contribution in [3.05, 3.63) is 12.2 Å². The second kappa shape index (κ2) is 11.2. The van der Waals surface area contributed by atoms with Crippen LogP contribution >= 0.6 is 0 Å². The highest BCUT2D eigenvalue weighted by molar-refractivity contribution is 5.92. The Hall–Kier alpha value is -1.93. The lowest BCUT2D eigenvalue weighted by molar-refractivity contribution is -0.137. The molecule has 8 heteroatoms. The second-order valence-corrected chi connectivity index (χ2v) is 3.71. The van der Waals surface area contributed by atoms with E-state index in [1.807, 2.05) is 0 Å². The molecule has 0 saturated heterocycles. The van der Waals surface area contributed by atoms with Crippen molar-refractivity contribution in [1.82, 2.24) is 10.6 Å². The van der Waals surface area contributed by atoms with Crippen LogP contribution in [0.1, 0.15) is 13.8 Å². The lowest BCUT2D eigenvalue weighted by atomic mass is 10.3. The maximum Gasteiger partial charge on any atom is 0.322 e. The highest BCUT2D eigenvalue weighted by atomic mass is 16.4. The summed E-state index contributed by atoms with van der Waals surface area (Å²) in [4.78, 5) is 30.7. The largest absolute Gasteiger partial charge is 0.480 e. The van der Waals surface area contributed by atoms with Crippen molar-refractivity contribution in [2.24, 2.45) is 5.73 Å². The van der Waals surface area contributed by atoms with Crippen molar-refractivity contribution in [3.8, 4) is 0 Å². The van der Waals surface area contributed by atoms with Crippen LogP contribution in [0.5, 0.6) is 0 Å². The molecule has 6 N–H and O–H groups in total. The van der Waals surface area contributed by atoms with E-state index in [0.29, 0.717) is 5.57 Å². The summed E-state index contributed by atoms with van der Waals surface area (Å²) in [6, 6.07) is 0. The van der Waals surface area contributed by atoms with E-state index in [1.165, 1.54) is 0 Å². The van der Waals surface area contributed by atoms with Crippen molar-refractivity contribution in [3.63, 3.8) is 0 Å². The van der Waals surface area contributed by atoms with Gasteiger partial charge in [0.15, 0.2) is 0 Å². The summed E-state index contributed by atoms with van der Waals surface area (Å²) in [6.45, 7) is 6.42. The van der Waals surface area contributed by atoms with Crippen LogP contribution in [0.25, 0.3) is 0 Å². The first-order chi connectivity index (χ1) is 8.70. The molecule has 0 rings (SSSR count). The third-order valence-electron chi connectivity index (χ3n) is 1.57. The van der Waals surface area contributed by atoms with Crippen LogP contribution in [0.2, 0.25) is 0 Å². The van der Waals surface area contributed by atoms with Gasteiger partial charge in [-0.2, -0.15) is 0 Å². The molecule has 1 atom stereocenters. The molecule has 0 aromatic carbocycles. The van der Waals surface area contributed by atoms with E-state index < -0.39 is 18.0 Å². The number of carbonyl (C=O) groups is 3. The minimum atomic E-state index is -1.07. The molecule has 19 heavy (non-hydrogen) atoms. The zero-order valence-electron chi connectivity index (χ0n) is 11.1. The summed E-state index contributed by atoms with van der Waals surface area (Å²) in [5.41, 5.74) is 5.31. The fourth-order valence-electron chi connectivity index (χ4n) is 0.638. The first kappa shape index (κ1) is 19.4. The van der Waals surface area contributed by atoms with Crippen molar-refractivity contribution >= 4 is 17.8 Å². The van der Waals surface area contributed by atoms with Gasteiger partial charge in [-0.3, -0.25) is 14.4 Å². The number of nitrogens with one attached hydrogen (secondary N) is 2. The highest BCUT2D eigenvalue weighted by Gasteiger charge is 2.01. The van der Waals surface area contributed by atoms with Gasteiger partial charge in [-0.05, 0) is 13.8 Å². The molecular formula is C11H21N3O5. The Bertz CT molecular complexity index is 328. The van der Waals surface area contributed by atoms with E-state index in [2.05, 4.69) is 17.2 Å². The third-order valence-corrected chi connectivity index (χ3v) is 1.57. The lowest BCUT2D eigenvalue weighted by Gasteiger charge is -2.05. The Labute approximate surface area is 111 Å². The topological polar surface area (TPSA) is 142 Å². The molecule has 0 radical (unpaired) electrons. The van der Waals surface area contributed by atoms with Crippen LogP contribution in [-0.2, 0) is 14.4 Å². The number of carboxylic acid groups (broad SMARTS) is 1. The Morgan fingerprint density at radius 1 is 1.32 bits per heavy atom. The predicted octanol–water partition coefficient (Wildman–Crippen LogP) is -1.79. The monoisotopic (exact) mass is 275 g/mol. The van der Waals surface area contributed by atoms with Crippen LogP contribution in [-0.4, -0.2) is 53.7 Å². The van der Waals surface area contributed by atoms with E-state index in [-0.39, 0.29) is 25.5 Å². The minimum Gasteiger partial charge on any atom is -0.480 e. The molecule has 0 bridgehead atoms. The normalized spacial score (nSPS) is 10.5. The molecule has 8 nitrogen and oxygen atoms in total. The van der Waals surface area contributed by atoms with Crippen molar-refractivity contribution in [2.45, 2.75) is 20.0 Å². The first-order valence-corrected chi connectivity index (χ1v) is 5.51. The fraction of sp³-hybridized carbons (Fsp3) is 0.545. The van der Waals surface area contributed by atoms with Crippen molar-refractivity contribution in [1.29, 1.82) is 0 Å². The number of amides is 2. The SMILES string of the molecule is C=C(C)C(=O)NCC(C)O.NCC(=O)NCC(=O)O. The maximum atomic E-state index is 10.7. The number of nitrogens with two attached hydrogens (primary N) is 1. The first-order valence-electron chi connectivity index (χ1n) is 5.51. The predicted molar refractivity (Wildman–Crippen MR) is 69.2 cm³/mol. The molecule has 0 spiro atoms. The Morgan fingerprint density at radius 2 is 1.84 bits per heavy atom. The number of aliphatic carboxylic acids is 1. The summed E-state index contributed by atoms with van der Waals surface area (Å²) >= 11 is 0. The van der Waals surface area contributed by atoms with Gasteiger partial charge in [0.25, 0.3) is 0 Å². The molecule has 110 valence electrons. The second-order valence-electron chi connectivity index (χ2n) is 3.71. The molecule has 0 aliphatic rings. The summed E-state index contributed by atoms with van der Waals surface area (Å²) in [6.07, 6.45) is -0.497. The van der Waals surface area contributed by atoms with E-state index >= 15 is 0 Å². The molecule has 0 saturated carbocycles. The van der Waals surface area contributed by atoms with Gasteiger partial charge in [-0.25, -0.2) is 0 Å². The third kappa shape index (κ3) is 16.1. The van der Waals surface area contributed by atoms with Gasteiger partial charge >= 0.3 is 5.97 Å². The molecule has 0 aromatic rings. The Kier molecular flexibility index (Phi) is 11.4. The standard InChI is InChI=1S/C7H13NO2.C4H8N2O3/c1-5(2)7(10)8-4-6(3)9;5-1-3(7)6-2-4(8)9/h6,9H,1,4H2,2-3H3,(H,8,10);1-2,5H2,(H,6,7)(H,8,9). The lowest BCUT2D eigenvalue weighted by Crippen LogP contribution is -2.34. The van der Waals surface area contributed by atoms with E-state index in [9.17, 15) is 14.4 Å². The zero-order valence-corrected chi connectivity index (χ0v) is 11.1. The van der Waals surface area contributed by atoms with Gasteiger partial charge < -0.3 is 26.6 Å². The van der Waals surface area contributed by atoms with Gasteiger partial charge in [-0.1, -0.05) is 6.58 Å². The van der Waals surface area contributed by atoms with Gasteiger partial charge in [0.1, 0.15) is 6.54 Å². The maximum absolute atomic E-state index is 10.7. The molecule has 0 aliphatic carbocycles. The van der Waals surface area contributed by atoms with Gasteiger partial charge in [0, 0.05) is 12.1 Å². The van der Waals surface area contributed by atoms with Crippen molar-refractivity contribution < 1.29 is 24.6 Å². The minimum absolute atomic E-state index is 0.173. The van der Waals surface area contributed by atoms with E-state index in [1.54, 1.807) is 13.8 Å². The number of hydrogen-bond acceptors (Lipinski definition) is 5. The van der Waals surface area contributed by atoms with E-state index in [4.69, 9.17) is 15.9 Å². The van der Waals surface area contributed by atoms with E-state index in [0.717, 1.165) is 0 Å². The number of carbonyl (C=O) groups excluding carboxylic acids is 2. The number of aliphatic hydroxyl groups excluding tert-OH is 1. The van der Waals surface area contributed by atoms with Gasteiger partial charge in [0.2, 0.25) is 11.8 Å². The molecule has 0 aliphatic heterocycles. The summed E-state index contributed by atoms with van der Waals surface area (Å²) < 4.78 is 0. The molecule has 0 heterocycles. The average Bonchev–Trinajstić information content (AvgIpc) is 2.33. The molecule has 0 aromatic heterocycles. The molecule has 0 fully saturated rings. The average molecular weight is 275 g/mol. The number of carboxylic acids is 1. The summed E-state index contributed by atoms with van der Waals surface area (Å²) in [7, 11) is 0. The van der Waals surface area contributed by atoms with Crippen LogP contribution in [0.15, 0.2) is 12.2 Å². The van der Waals surface area contributed by atoms with Crippen LogP contribution in [0, 0.1) is 0 Å². The Morgan fingerprint density at radius 3 is 2.16 bits per heavy atom. The van der Waals surface area contributed by atoms with Crippen LogP contribution in [0.3, 0.4) is 0 Å². The summed E-state index contributed by atoms with van der Waals surface area (Å²) in [5, 5.41) is 21.3. The number of rotatable bonds is 6. The van der Waals surface area contributed by atoms with Gasteiger partial charge in [-0.15, -0.1) is 0 Å². The van der Waals surface area contributed by atoms with Gasteiger partial charge in [0.05, 0.1) is 12.6 Å². The summed E-state index contributed by atoms with van der Waals surface area (Å²) in [5.74, 6) is -1.74. The molecule has 1 unspecified atom stereocenters. The smallest absolute Gasteiger partial charge is 0.322 e. The van der Waals surface area contributed by atoms with Crippen molar-refractivity contribution in [2.75, 3.05) is 19.6 Å². The van der Waals surface area contributed by atoms with Crippen LogP contribution in [0.4, 0.5) is 0 Å².